The summed E-state index contributed by atoms with van der Waals surface area (Å²) in [6.45, 7) is 12.2. The molecule has 0 saturated heterocycles. The Morgan fingerprint density at radius 3 is 2.29 bits per heavy atom. The number of amides is 1. The van der Waals surface area contributed by atoms with Gasteiger partial charge in [0.2, 0.25) is 5.91 Å². The average Bonchev–Trinajstić information content (AvgIpc) is 3.19. The van der Waals surface area contributed by atoms with Gasteiger partial charge in [0.1, 0.15) is 5.82 Å². The number of rotatable bonds is 7. The van der Waals surface area contributed by atoms with Crippen molar-refractivity contribution in [2.45, 2.75) is 66.3 Å². The van der Waals surface area contributed by atoms with Crippen LogP contribution in [0.2, 0.25) is 0 Å². The van der Waals surface area contributed by atoms with Crippen LogP contribution in [0.5, 0.6) is 0 Å². The summed E-state index contributed by atoms with van der Waals surface area (Å²) < 4.78 is 2.11. The van der Waals surface area contributed by atoms with Gasteiger partial charge in [0.05, 0.1) is 30.5 Å². The van der Waals surface area contributed by atoms with Gasteiger partial charge >= 0.3 is 5.97 Å². The molecular weight excluding hydrogens is 476 g/mol. The first-order chi connectivity index (χ1) is 18.0. The van der Waals surface area contributed by atoms with Crippen molar-refractivity contribution in [1.82, 2.24) is 14.5 Å². The summed E-state index contributed by atoms with van der Waals surface area (Å²) in [5, 5.41) is 9.75. The fourth-order valence-electron chi connectivity index (χ4n) is 4.57. The predicted molar refractivity (Wildman–Crippen MR) is 152 cm³/mol. The standard InChI is InChI=1S/C21H26N4O.C10H12O2/c1-13(2)21-22-10-19(15(4)23-21)25(16(5)26)12-17-11-24(6)18-9-7-8-14(3)20(17)18;1-8(7-10(11)12)9-5-3-2-4-6-9/h7-11,13H,12H2,1-6H3;2-6,8H,7H2,1H3,(H,11,12). The fourth-order valence-corrected chi connectivity index (χ4v) is 4.57. The normalized spacial score (nSPS) is 11.7. The highest BCUT2D eigenvalue weighted by Crippen LogP contribution is 2.28. The molecule has 0 aliphatic rings. The van der Waals surface area contributed by atoms with Crippen LogP contribution in [0.15, 0.2) is 60.9 Å². The zero-order chi connectivity index (χ0) is 28.0. The van der Waals surface area contributed by atoms with Crippen molar-refractivity contribution < 1.29 is 14.7 Å². The van der Waals surface area contributed by atoms with Crippen molar-refractivity contribution in [3.8, 4) is 0 Å². The second-order valence-corrected chi connectivity index (χ2v) is 10.1. The van der Waals surface area contributed by atoms with Gasteiger partial charge in [0.15, 0.2) is 0 Å². The van der Waals surface area contributed by atoms with Crippen LogP contribution in [-0.4, -0.2) is 31.5 Å². The molecule has 2 heterocycles. The van der Waals surface area contributed by atoms with Crippen LogP contribution in [0, 0.1) is 13.8 Å². The Hall–Kier alpha value is -4.00. The topological polar surface area (TPSA) is 88.3 Å². The second-order valence-electron chi connectivity index (χ2n) is 10.1. The molecule has 4 aromatic rings. The van der Waals surface area contributed by atoms with E-state index >= 15 is 0 Å². The zero-order valence-corrected chi connectivity index (χ0v) is 23.4. The molecule has 0 aliphatic heterocycles. The molecule has 4 rings (SSSR count). The van der Waals surface area contributed by atoms with Crippen LogP contribution in [0.3, 0.4) is 0 Å². The van der Waals surface area contributed by atoms with E-state index in [1.807, 2.05) is 51.2 Å². The number of hydrogen-bond acceptors (Lipinski definition) is 4. The molecule has 1 N–H and O–H groups in total. The number of carboxylic acid groups (broad SMARTS) is 1. The molecule has 7 nitrogen and oxygen atoms in total. The SMILES string of the molecule is CC(=O)N(Cc1cn(C)c2cccc(C)c12)c1cnc(C(C)C)nc1C.CC(CC(=O)O)c1ccccc1. The van der Waals surface area contributed by atoms with Crippen molar-refractivity contribution in [1.29, 1.82) is 0 Å². The molecule has 0 aliphatic carbocycles. The van der Waals surface area contributed by atoms with E-state index in [9.17, 15) is 9.59 Å². The number of carboxylic acids is 1. The minimum absolute atomic E-state index is 0.0143. The average molecular weight is 515 g/mol. The first-order valence-electron chi connectivity index (χ1n) is 12.9. The van der Waals surface area contributed by atoms with E-state index in [1.165, 1.54) is 16.5 Å². The Kier molecular flexibility index (Phi) is 9.40. The van der Waals surface area contributed by atoms with Gasteiger partial charge < -0.3 is 14.6 Å². The smallest absolute Gasteiger partial charge is 0.303 e. The van der Waals surface area contributed by atoms with E-state index in [4.69, 9.17) is 5.11 Å². The van der Waals surface area contributed by atoms with Gasteiger partial charge in [-0.25, -0.2) is 9.97 Å². The number of nitrogens with zero attached hydrogens (tertiary/aromatic N) is 4. The molecule has 1 amide bonds. The van der Waals surface area contributed by atoms with Gasteiger partial charge in [-0.05, 0) is 42.5 Å². The van der Waals surface area contributed by atoms with E-state index < -0.39 is 5.97 Å². The maximum Gasteiger partial charge on any atom is 0.303 e. The minimum atomic E-state index is -0.744. The predicted octanol–water partition coefficient (Wildman–Crippen LogP) is 6.53. The van der Waals surface area contributed by atoms with Gasteiger partial charge in [-0.3, -0.25) is 9.59 Å². The first-order valence-corrected chi connectivity index (χ1v) is 12.9. The third kappa shape index (κ3) is 6.85. The lowest BCUT2D eigenvalue weighted by Gasteiger charge is -2.23. The second kappa shape index (κ2) is 12.5. The molecule has 0 spiro atoms. The lowest BCUT2D eigenvalue weighted by Crippen LogP contribution is -2.29. The summed E-state index contributed by atoms with van der Waals surface area (Å²) in [5.41, 5.74) is 6.20. The highest BCUT2D eigenvalue weighted by Gasteiger charge is 2.20. The van der Waals surface area contributed by atoms with Crippen LogP contribution in [0.4, 0.5) is 5.69 Å². The fraction of sp³-hybridized carbons (Fsp3) is 0.355. The monoisotopic (exact) mass is 514 g/mol. The lowest BCUT2D eigenvalue weighted by atomic mass is 9.98. The number of aryl methyl sites for hydroxylation is 3. The van der Waals surface area contributed by atoms with E-state index in [0.717, 1.165) is 28.3 Å². The Balaban J connectivity index is 0.000000279. The number of aliphatic carboxylic acids is 1. The van der Waals surface area contributed by atoms with Gasteiger partial charge in [-0.2, -0.15) is 0 Å². The molecular formula is C31H38N4O3. The third-order valence-electron chi connectivity index (χ3n) is 6.64. The Morgan fingerprint density at radius 1 is 1.03 bits per heavy atom. The third-order valence-corrected chi connectivity index (χ3v) is 6.64. The van der Waals surface area contributed by atoms with Crippen molar-refractivity contribution in [2.24, 2.45) is 7.05 Å². The van der Waals surface area contributed by atoms with Crippen LogP contribution in [-0.2, 0) is 23.2 Å². The quantitative estimate of drug-likeness (QED) is 0.303. The Bertz CT molecular complexity index is 1410. The summed E-state index contributed by atoms with van der Waals surface area (Å²) in [5.74, 6) is 0.402. The number of hydrogen-bond donors (Lipinski definition) is 1. The summed E-state index contributed by atoms with van der Waals surface area (Å²) in [7, 11) is 2.04. The summed E-state index contributed by atoms with van der Waals surface area (Å²) >= 11 is 0. The number of fused-ring (bicyclic) bond motifs is 1. The highest BCUT2D eigenvalue weighted by atomic mass is 16.4. The largest absolute Gasteiger partial charge is 0.481 e. The molecule has 0 fully saturated rings. The van der Waals surface area contributed by atoms with Crippen LogP contribution < -0.4 is 4.90 Å². The minimum Gasteiger partial charge on any atom is -0.481 e. The van der Waals surface area contributed by atoms with Crippen LogP contribution >= 0.6 is 0 Å². The van der Waals surface area contributed by atoms with Gasteiger partial charge in [0.25, 0.3) is 0 Å². The maximum absolute atomic E-state index is 12.4. The Labute approximate surface area is 225 Å². The molecule has 0 saturated carbocycles. The first kappa shape index (κ1) is 28.6. The van der Waals surface area contributed by atoms with Crippen LogP contribution in [0.25, 0.3) is 10.9 Å². The van der Waals surface area contributed by atoms with Gasteiger partial charge in [-0.1, -0.05) is 63.2 Å². The molecule has 1 atom stereocenters. The van der Waals surface area contributed by atoms with Gasteiger partial charge in [0, 0.05) is 37.0 Å². The van der Waals surface area contributed by atoms with Crippen molar-refractivity contribution in [3.63, 3.8) is 0 Å². The Morgan fingerprint density at radius 2 is 1.71 bits per heavy atom. The molecule has 0 bridgehead atoms. The number of benzene rings is 2. The van der Waals surface area contributed by atoms with Crippen molar-refractivity contribution in [2.75, 3.05) is 4.90 Å². The van der Waals surface area contributed by atoms with Gasteiger partial charge in [-0.15, -0.1) is 0 Å². The van der Waals surface area contributed by atoms with Crippen molar-refractivity contribution >= 4 is 28.5 Å². The maximum atomic E-state index is 12.4. The summed E-state index contributed by atoms with van der Waals surface area (Å²) in [6.07, 6.45) is 4.08. The molecule has 200 valence electrons. The molecule has 7 heteroatoms. The van der Waals surface area contributed by atoms with E-state index in [2.05, 4.69) is 59.7 Å². The van der Waals surface area contributed by atoms with E-state index in [-0.39, 0.29) is 24.2 Å². The van der Waals surface area contributed by atoms with E-state index in [0.29, 0.717) is 6.54 Å². The number of anilines is 1. The number of carbonyl (C=O) groups excluding carboxylic acids is 1. The lowest BCUT2D eigenvalue weighted by molar-refractivity contribution is -0.137. The molecule has 2 aromatic heterocycles. The summed E-state index contributed by atoms with van der Waals surface area (Å²) in [4.78, 5) is 33.6. The van der Waals surface area contributed by atoms with Crippen LogP contribution in [0.1, 0.15) is 74.2 Å². The molecule has 38 heavy (non-hydrogen) atoms. The number of aromatic nitrogens is 3. The molecule has 0 radical (unpaired) electrons. The number of carbonyl (C=O) groups is 2. The molecule has 2 aromatic carbocycles. The zero-order valence-electron chi connectivity index (χ0n) is 23.4. The van der Waals surface area contributed by atoms with Crippen molar-refractivity contribution in [3.05, 3.63) is 89.1 Å². The van der Waals surface area contributed by atoms with E-state index in [1.54, 1.807) is 18.0 Å². The molecule has 1 unspecified atom stereocenters. The summed E-state index contributed by atoms with van der Waals surface area (Å²) in [6, 6.07) is 16.0. The highest BCUT2D eigenvalue weighted by molar-refractivity contribution is 5.94.